The highest BCUT2D eigenvalue weighted by Crippen LogP contribution is 2.14. The zero-order valence-corrected chi connectivity index (χ0v) is 8.83. The van der Waals surface area contributed by atoms with E-state index in [0.29, 0.717) is 0 Å². The maximum absolute atomic E-state index is 4.31. The molecule has 0 fully saturated rings. The summed E-state index contributed by atoms with van der Waals surface area (Å²) in [7, 11) is 0. The second kappa shape index (κ2) is 3.41. The fourth-order valence-electron chi connectivity index (χ4n) is 1.64. The molecule has 78 valence electrons. The molecule has 0 aliphatic heterocycles. The Hall–Kier alpha value is -2.23. The van der Waals surface area contributed by atoms with E-state index >= 15 is 0 Å². The number of fused-ring (bicyclic) bond motifs is 1. The number of rotatable bonds is 1. The highest BCUT2D eigenvalue weighted by molar-refractivity contribution is 5.75. The third-order valence-electron chi connectivity index (χ3n) is 2.47. The molecule has 0 atom stereocenters. The average molecular weight is 210 g/mol. The quantitative estimate of drug-likeness (QED) is 0.618. The monoisotopic (exact) mass is 210 g/mol. The van der Waals surface area contributed by atoms with Crippen LogP contribution in [0.4, 0.5) is 0 Å². The summed E-state index contributed by atoms with van der Waals surface area (Å²) < 4.78 is 1.79. The minimum atomic E-state index is 0.855. The normalized spacial score (nSPS) is 10.8. The van der Waals surface area contributed by atoms with Crippen molar-refractivity contribution in [3.63, 3.8) is 0 Å². The lowest BCUT2D eigenvalue weighted by atomic mass is 10.3. The topological polar surface area (TPSA) is 43.6 Å². The molecule has 16 heavy (non-hydrogen) atoms. The Morgan fingerprint density at radius 3 is 2.81 bits per heavy atom. The number of aromatic nitrogens is 4. The van der Waals surface area contributed by atoms with E-state index < -0.39 is 0 Å². The first kappa shape index (κ1) is 9.03. The molecule has 0 amide bonds. The summed E-state index contributed by atoms with van der Waals surface area (Å²) in [4.78, 5) is 8.57. The van der Waals surface area contributed by atoms with Crippen LogP contribution < -0.4 is 0 Å². The molecule has 0 saturated heterocycles. The molecular weight excluding hydrogens is 200 g/mol. The largest absolute Gasteiger partial charge is 0.259 e. The fourth-order valence-corrected chi connectivity index (χ4v) is 1.64. The van der Waals surface area contributed by atoms with Crippen molar-refractivity contribution in [2.24, 2.45) is 0 Å². The lowest BCUT2D eigenvalue weighted by Crippen LogP contribution is -1.98. The van der Waals surface area contributed by atoms with Crippen LogP contribution in [0, 0.1) is 6.92 Å². The Bertz CT molecular complexity index is 625. The SMILES string of the molecule is Cc1ccc(-n2ncc3cccnc32)cn1. The fraction of sp³-hybridized carbons (Fsp3) is 0.0833. The molecule has 0 saturated carbocycles. The minimum absolute atomic E-state index is 0.855. The first-order chi connectivity index (χ1) is 7.84. The van der Waals surface area contributed by atoms with E-state index in [-0.39, 0.29) is 0 Å². The molecule has 0 aliphatic carbocycles. The van der Waals surface area contributed by atoms with E-state index in [2.05, 4.69) is 15.1 Å². The number of nitrogens with zero attached hydrogens (tertiary/aromatic N) is 4. The molecule has 3 aromatic heterocycles. The first-order valence-corrected chi connectivity index (χ1v) is 5.06. The second-order valence-corrected chi connectivity index (χ2v) is 3.63. The molecule has 4 heteroatoms. The summed E-state index contributed by atoms with van der Waals surface area (Å²) >= 11 is 0. The maximum Gasteiger partial charge on any atom is 0.162 e. The van der Waals surface area contributed by atoms with Gasteiger partial charge in [0.1, 0.15) is 0 Å². The molecule has 0 spiro atoms. The molecule has 4 nitrogen and oxygen atoms in total. The molecule has 0 radical (unpaired) electrons. The smallest absolute Gasteiger partial charge is 0.162 e. The third kappa shape index (κ3) is 1.35. The van der Waals surface area contributed by atoms with Crippen molar-refractivity contribution in [2.75, 3.05) is 0 Å². The van der Waals surface area contributed by atoms with Gasteiger partial charge in [-0.2, -0.15) is 5.10 Å². The molecule has 3 heterocycles. The molecular formula is C12H10N4. The van der Waals surface area contributed by atoms with Crippen LogP contribution in [0.1, 0.15) is 5.69 Å². The van der Waals surface area contributed by atoms with Crippen molar-refractivity contribution < 1.29 is 0 Å². The molecule has 0 unspecified atom stereocenters. The van der Waals surface area contributed by atoms with Gasteiger partial charge < -0.3 is 0 Å². The number of hydrogen-bond donors (Lipinski definition) is 0. The van der Waals surface area contributed by atoms with Gasteiger partial charge in [-0.3, -0.25) is 4.98 Å². The zero-order chi connectivity index (χ0) is 11.0. The Labute approximate surface area is 92.6 Å². The maximum atomic E-state index is 4.31. The highest BCUT2D eigenvalue weighted by Gasteiger charge is 2.04. The summed E-state index contributed by atoms with van der Waals surface area (Å²) in [5.41, 5.74) is 2.78. The van der Waals surface area contributed by atoms with Gasteiger partial charge in [0.05, 0.1) is 18.1 Å². The second-order valence-electron chi connectivity index (χ2n) is 3.63. The van der Waals surface area contributed by atoms with E-state index in [0.717, 1.165) is 22.4 Å². The molecule has 3 aromatic rings. The van der Waals surface area contributed by atoms with Crippen LogP contribution >= 0.6 is 0 Å². The number of aryl methyl sites for hydroxylation is 1. The predicted molar refractivity (Wildman–Crippen MR) is 61.4 cm³/mol. The lowest BCUT2D eigenvalue weighted by Gasteiger charge is -2.01. The van der Waals surface area contributed by atoms with Gasteiger partial charge in [-0.25, -0.2) is 9.67 Å². The van der Waals surface area contributed by atoms with Crippen LogP contribution in [0.25, 0.3) is 16.7 Å². The van der Waals surface area contributed by atoms with E-state index in [9.17, 15) is 0 Å². The van der Waals surface area contributed by atoms with Crippen LogP contribution in [0.15, 0.2) is 42.9 Å². The van der Waals surface area contributed by atoms with Gasteiger partial charge >= 0.3 is 0 Å². The highest BCUT2D eigenvalue weighted by atomic mass is 15.3. The van der Waals surface area contributed by atoms with Crippen molar-refractivity contribution in [3.05, 3.63) is 48.5 Å². The van der Waals surface area contributed by atoms with Crippen LogP contribution in [0.3, 0.4) is 0 Å². The molecule has 0 aromatic carbocycles. The summed E-state index contributed by atoms with van der Waals surface area (Å²) in [6, 6.07) is 7.85. The van der Waals surface area contributed by atoms with Crippen molar-refractivity contribution in [1.82, 2.24) is 19.7 Å². The van der Waals surface area contributed by atoms with E-state index in [1.807, 2.05) is 37.4 Å². The van der Waals surface area contributed by atoms with Gasteiger partial charge in [0, 0.05) is 17.3 Å². The van der Waals surface area contributed by atoms with Crippen molar-refractivity contribution in [3.8, 4) is 5.69 Å². The van der Waals surface area contributed by atoms with Crippen molar-refractivity contribution in [1.29, 1.82) is 0 Å². The van der Waals surface area contributed by atoms with Gasteiger partial charge in [-0.05, 0) is 31.2 Å². The zero-order valence-electron chi connectivity index (χ0n) is 8.83. The van der Waals surface area contributed by atoms with Crippen molar-refractivity contribution in [2.45, 2.75) is 6.92 Å². The Morgan fingerprint density at radius 1 is 1.06 bits per heavy atom. The summed E-state index contributed by atoms with van der Waals surface area (Å²) in [5.74, 6) is 0. The van der Waals surface area contributed by atoms with Crippen LogP contribution in [0.2, 0.25) is 0 Å². The molecule has 3 rings (SSSR count). The van der Waals surface area contributed by atoms with Crippen molar-refractivity contribution >= 4 is 11.0 Å². The van der Waals surface area contributed by atoms with E-state index in [1.165, 1.54) is 0 Å². The number of hydrogen-bond acceptors (Lipinski definition) is 3. The average Bonchev–Trinajstić information content (AvgIpc) is 2.74. The third-order valence-corrected chi connectivity index (χ3v) is 2.47. The molecule has 0 N–H and O–H groups in total. The summed E-state index contributed by atoms with van der Waals surface area (Å²) in [6.07, 6.45) is 5.38. The Kier molecular flexibility index (Phi) is 1.93. The van der Waals surface area contributed by atoms with Gasteiger partial charge in [0.2, 0.25) is 0 Å². The van der Waals surface area contributed by atoms with Crippen LogP contribution in [0.5, 0.6) is 0 Å². The van der Waals surface area contributed by atoms with Gasteiger partial charge in [-0.1, -0.05) is 0 Å². The summed E-state index contributed by atoms with van der Waals surface area (Å²) in [6.45, 7) is 1.96. The molecule has 0 bridgehead atoms. The van der Waals surface area contributed by atoms with Gasteiger partial charge in [0.25, 0.3) is 0 Å². The van der Waals surface area contributed by atoms with Crippen LogP contribution in [-0.2, 0) is 0 Å². The number of pyridine rings is 2. The van der Waals surface area contributed by atoms with Crippen LogP contribution in [-0.4, -0.2) is 19.7 Å². The standard InChI is InChI=1S/C12H10N4/c1-9-4-5-11(8-14-9)16-12-10(7-15-16)3-2-6-13-12/h2-8H,1H3. The predicted octanol–water partition coefficient (Wildman–Crippen LogP) is 2.12. The Balaban J connectivity index is 2.22. The lowest BCUT2D eigenvalue weighted by molar-refractivity contribution is 0.887. The first-order valence-electron chi connectivity index (χ1n) is 5.06. The summed E-state index contributed by atoms with van der Waals surface area (Å²) in [5, 5.41) is 5.34. The Morgan fingerprint density at radius 2 is 2.00 bits per heavy atom. The van der Waals surface area contributed by atoms with E-state index in [4.69, 9.17) is 0 Å². The van der Waals surface area contributed by atoms with E-state index in [1.54, 1.807) is 17.1 Å². The van der Waals surface area contributed by atoms with Gasteiger partial charge in [0.15, 0.2) is 5.65 Å². The minimum Gasteiger partial charge on any atom is -0.259 e. The molecule has 0 aliphatic rings. The van der Waals surface area contributed by atoms with Gasteiger partial charge in [-0.15, -0.1) is 0 Å².